The van der Waals surface area contributed by atoms with Gasteiger partial charge >= 0.3 is 0 Å². The highest BCUT2D eigenvalue weighted by molar-refractivity contribution is 7.98. The highest BCUT2D eigenvalue weighted by atomic mass is 32.2. The average molecular weight is 384 g/mol. The highest BCUT2D eigenvalue weighted by Crippen LogP contribution is 2.30. The average Bonchev–Trinajstić information content (AvgIpc) is 2.69. The molecule has 27 heavy (non-hydrogen) atoms. The van der Waals surface area contributed by atoms with Gasteiger partial charge in [0.2, 0.25) is 0 Å². The molecule has 0 bridgehead atoms. The van der Waals surface area contributed by atoms with Gasteiger partial charge in [-0.15, -0.1) is 0 Å². The second-order valence-electron chi connectivity index (χ2n) is 7.19. The summed E-state index contributed by atoms with van der Waals surface area (Å²) in [5, 5.41) is 2.99. The van der Waals surface area contributed by atoms with Crippen LogP contribution < -0.4 is 10.1 Å². The van der Waals surface area contributed by atoms with Gasteiger partial charge in [-0.3, -0.25) is 4.79 Å². The molecule has 0 aromatic heterocycles. The maximum atomic E-state index is 12.3. The highest BCUT2D eigenvalue weighted by Gasteiger charge is 2.19. The Morgan fingerprint density at radius 3 is 2.74 bits per heavy atom. The number of carbonyl (C=O) groups excluding carboxylic acids is 1. The first-order valence-electron chi connectivity index (χ1n) is 9.82. The number of thioether (sulfide) groups is 1. The van der Waals surface area contributed by atoms with E-state index in [-0.39, 0.29) is 5.91 Å². The number of nitrogens with one attached hydrogen (secondary N) is 1. The molecule has 0 aliphatic heterocycles. The summed E-state index contributed by atoms with van der Waals surface area (Å²) in [5.74, 6) is 2.70. The van der Waals surface area contributed by atoms with Crippen molar-refractivity contribution in [3.63, 3.8) is 0 Å². The third kappa shape index (κ3) is 5.77. The second kappa shape index (κ2) is 9.84. The molecule has 0 heterocycles. The standard InChI is InChI=1S/C23H29NO2S/c1-17-10-12-19(13-11-17)16-27-15-14-24-23(25)18(2)26-22-9-5-7-20-6-3-4-8-21(20)22/h5,7,9-13,18H,3-4,6,8,14-16H2,1-2H3,(H,24,25)/t18-/m1/s1. The van der Waals surface area contributed by atoms with Crippen molar-refractivity contribution < 1.29 is 9.53 Å². The molecule has 1 aliphatic carbocycles. The van der Waals surface area contributed by atoms with Crippen LogP contribution in [-0.4, -0.2) is 24.3 Å². The number of fused-ring (bicyclic) bond motifs is 1. The molecule has 3 nitrogen and oxygen atoms in total. The topological polar surface area (TPSA) is 38.3 Å². The van der Waals surface area contributed by atoms with Crippen molar-refractivity contribution in [2.75, 3.05) is 12.3 Å². The number of carbonyl (C=O) groups is 1. The summed E-state index contributed by atoms with van der Waals surface area (Å²) in [5.41, 5.74) is 5.27. The Morgan fingerprint density at radius 1 is 1.15 bits per heavy atom. The fourth-order valence-corrected chi connectivity index (χ4v) is 4.18. The molecule has 0 fully saturated rings. The van der Waals surface area contributed by atoms with E-state index >= 15 is 0 Å². The normalized spacial score (nSPS) is 14.3. The van der Waals surface area contributed by atoms with Gasteiger partial charge in [-0.2, -0.15) is 11.8 Å². The van der Waals surface area contributed by atoms with E-state index in [2.05, 4.69) is 42.6 Å². The third-order valence-electron chi connectivity index (χ3n) is 4.96. The minimum absolute atomic E-state index is 0.0423. The molecule has 1 atom stereocenters. The predicted molar refractivity (Wildman–Crippen MR) is 114 cm³/mol. The van der Waals surface area contributed by atoms with Crippen molar-refractivity contribution in [1.82, 2.24) is 5.32 Å². The second-order valence-corrected chi connectivity index (χ2v) is 8.30. The number of rotatable bonds is 8. The van der Waals surface area contributed by atoms with Crippen LogP contribution in [0.4, 0.5) is 0 Å². The fourth-order valence-electron chi connectivity index (χ4n) is 3.37. The quantitative estimate of drug-likeness (QED) is 0.672. The number of hydrogen-bond acceptors (Lipinski definition) is 3. The number of aryl methyl sites for hydroxylation is 2. The van der Waals surface area contributed by atoms with E-state index in [0.717, 1.165) is 30.1 Å². The predicted octanol–water partition coefficient (Wildman–Crippen LogP) is 4.69. The van der Waals surface area contributed by atoms with Crippen molar-refractivity contribution in [2.45, 2.75) is 51.4 Å². The van der Waals surface area contributed by atoms with Crippen LogP contribution in [0.25, 0.3) is 0 Å². The van der Waals surface area contributed by atoms with Crippen molar-refractivity contribution in [1.29, 1.82) is 0 Å². The van der Waals surface area contributed by atoms with E-state index in [1.165, 1.54) is 35.1 Å². The van der Waals surface area contributed by atoms with Gasteiger partial charge in [-0.25, -0.2) is 0 Å². The zero-order valence-electron chi connectivity index (χ0n) is 16.3. The molecule has 1 N–H and O–H groups in total. The summed E-state index contributed by atoms with van der Waals surface area (Å²) < 4.78 is 5.99. The maximum Gasteiger partial charge on any atom is 0.260 e. The Labute approximate surface area is 166 Å². The first kappa shape index (κ1) is 19.8. The summed E-state index contributed by atoms with van der Waals surface area (Å²) in [6.45, 7) is 4.59. The largest absolute Gasteiger partial charge is 0.481 e. The number of ether oxygens (including phenoxy) is 1. The summed E-state index contributed by atoms with van der Waals surface area (Å²) in [6.07, 6.45) is 4.14. The molecular formula is C23H29NO2S. The number of hydrogen-bond donors (Lipinski definition) is 1. The molecule has 1 amide bonds. The van der Waals surface area contributed by atoms with Crippen molar-refractivity contribution in [3.05, 3.63) is 64.7 Å². The monoisotopic (exact) mass is 383 g/mol. The Bertz CT molecular complexity index is 757. The van der Waals surface area contributed by atoms with Crippen LogP contribution >= 0.6 is 11.8 Å². The first-order valence-corrected chi connectivity index (χ1v) is 11.0. The van der Waals surface area contributed by atoms with Crippen LogP contribution in [-0.2, 0) is 23.4 Å². The summed E-state index contributed by atoms with van der Waals surface area (Å²) in [4.78, 5) is 12.3. The smallest absolute Gasteiger partial charge is 0.260 e. The van der Waals surface area contributed by atoms with E-state index < -0.39 is 6.10 Å². The minimum atomic E-state index is -0.472. The molecule has 0 unspecified atom stereocenters. The third-order valence-corrected chi connectivity index (χ3v) is 5.99. The molecule has 0 saturated heterocycles. The first-order chi connectivity index (χ1) is 13.1. The zero-order valence-corrected chi connectivity index (χ0v) is 17.1. The van der Waals surface area contributed by atoms with Crippen LogP contribution in [0.15, 0.2) is 42.5 Å². The van der Waals surface area contributed by atoms with Crippen molar-refractivity contribution >= 4 is 17.7 Å². The lowest BCUT2D eigenvalue weighted by molar-refractivity contribution is -0.127. The Morgan fingerprint density at radius 2 is 1.93 bits per heavy atom. The van der Waals surface area contributed by atoms with Gasteiger partial charge in [0.05, 0.1) is 0 Å². The van der Waals surface area contributed by atoms with Gasteiger partial charge in [0.15, 0.2) is 6.10 Å². The van der Waals surface area contributed by atoms with E-state index in [4.69, 9.17) is 4.74 Å². The fraction of sp³-hybridized carbons (Fsp3) is 0.435. The number of amides is 1. The van der Waals surface area contributed by atoms with Gasteiger partial charge in [-0.05, 0) is 62.3 Å². The van der Waals surface area contributed by atoms with Crippen molar-refractivity contribution in [2.24, 2.45) is 0 Å². The minimum Gasteiger partial charge on any atom is -0.481 e. The van der Waals surface area contributed by atoms with Crippen LogP contribution in [0.5, 0.6) is 5.75 Å². The molecular weight excluding hydrogens is 354 g/mol. The summed E-state index contributed by atoms with van der Waals surface area (Å²) in [7, 11) is 0. The van der Waals surface area contributed by atoms with Crippen LogP contribution in [0, 0.1) is 6.92 Å². The molecule has 0 spiro atoms. The van der Waals surface area contributed by atoms with Gasteiger partial charge in [-0.1, -0.05) is 42.0 Å². The van der Waals surface area contributed by atoms with Crippen LogP contribution in [0.3, 0.4) is 0 Å². The molecule has 0 radical (unpaired) electrons. The lowest BCUT2D eigenvalue weighted by atomic mass is 9.91. The Hall–Kier alpha value is -1.94. The van der Waals surface area contributed by atoms with Crippen LogP contribution in [0.2, 0.25) is 0 Å². The SMILES string of the molecule is Cc1ccc(CSCCNC(=O)[C@@H](C)Oc2cccc3c2CCCC3)cc1. The maximum absolute atomic E-state index is 12.3. The molecule has 3 rings (SSSR count). The Kier molecular flexibility index (Phi) is 7.22. The van der Waals surface area contributed by atoms with Crippen LogP contribution in [0.1, 0.15) is 42.0 Å². The molecule has 2 aromatic carbocycles. The van der Waals surface area contributed by atoms with Crippen molar-refractivity contribution in [3.8, 4) is 5.75 Å². The Balaban J connectivity index is 1.40. The van der Waals surface area contributed by atoms with Gasteiger partial charge < -0.3 is 10.1 Å². The summed E-state index contributed by atoms with van der Waals surface area (Å²) in [6, 6.07) is 14.8. The lowest BCUT2D eigenvalue weighted by Gasteiger charge is -2.22. The van der Waals surface area contributed by atoms with Gasteiger partial charge in [0.1, 0.15) is 5.75 Å². The van der Waals surface area contributed by atoms with E-state index in [0.29, 0.717) is 6.54 Å². The molecule has 1 aliphatic rings. The summed E-state index contributed by atoms with van der Waals surface area (Å²) >= 11 is 1.83. The molecule has 0 saturated carbocycles. The van der Waals surface area contributed by atoms with E-state index in [9.17, 15) is 4.79 Å². The van der Waals surface area contributed by atoms with Gasteiger partial charge in [0.25, 0.3) is 5.91 Å². The molecule has 144 valence electrons. The van der Waals surface area contributed by atoms with E-state index in [1.807, 2.05) is 30.8 Å². The molecule has 4 heteroatoms. The van der Waals surface area contributed by atoms with E-state index in [1.54, 1.807) is 0 Å². The zero-order chi connectivity index (χ0) is 19.1. The molecule has 2 aromatic rings. The number of benzene rings is 2. The van der Waals surface area contributed by atoms with Gasteiger partial charge in [0, 0.05) is 18.1 Å². The lowest BCUT2D eigenvalue weighted by Crippen LogP contribution is -2.37.